The zero-order valence-electron chi connectivity index (χ0n) is 12.6. The quantitative estimate of drug-likeness (QED) is 0.740. The Morgan fingerprint density at radius 3 is 2.45 bits per heavy atom. The summed E-state index contributed by atoms with van der Waals surface area (Å²) in [5.41, 5.74) is 8.10. The van der Waals surface area contributed by atoms with E-state index in [1.54, 1.807) is 0 Å². The van der Waals surface area contributed by atoms with E-state index >= 15 is 0 Å². The van der Waals surface area contributed by atoms with Gasteiger partial charge in [-0.15, -0.1) is 0 Å². The van der Waals surface area contributed by atoms with E-state index in [2.05, 4.69) is 19.2 Å². The molecule has 0 amide bonds. The van der Waals surface area contributed by atoms with Crippen molar-refractivity contribution in [2.24, 2.45) is 5.41 Å². The van der Waals surface area contributed by atoms with Gasteiger partial charge in [-0.25, -0.2) is 0 Å². The van der Waals surface area contributed by atoms with Crippen LogP contribution in [0, 0.1) is 12.3 Å². The van der Waals surface area contributed by atoms with Gasteiger partial charge in [0, 0.05) is 12.2 Å². The average Bonchev–Trinajstić information content (AvgIpc) is 2.37. The molecule has 0 aliphatic heterocycles. The Morgan fingerprint density at radius 1 is 1.25 bits per heavy atom. The van der Waals surface area contributed by atoms with Gasteiger partial charge in [0.2, 0.25) is 0 Å². The van der Waals surface area contributed by atoms with E-state index in [4.69, 9.17) is 17.3 Å². The SMILES string of the molecule is Cc1cc(N)c(Cl)cc1NCC1(O)CCC(C)(C)CC1. The molecule has 0 aromatic heterocycles. The van der Waals surface area contributed by atoms with Crippen LogP contribution in [0.2, 0.25) is 5.02 Å². The second-order valence-corrected chi connectivity index (χ2v) is 7.34. The third-order valence-corrected chi connectivity index (χ3v) is 4.81. The van der Waals surface area contributed by atoms with Gasteiger partial charge in [0.1, 0.15) is 0 Å². The number of aryl methyl sites for hydroxylation is 1. The first-order valence-corrected chi connectivity index (χ1v) is 7.61. The summed E-state index contributed by atoms with van der Waals surface area (Å²) in [4.78, 5) is 0. The van der Waals surface area contributed by atoms with Crippen LogP contribution in [0.1, 0.15) is 45.1 Å². The van der Waals surface area contributed by atoms with E-state index in [1.807, 2.05) is 19.1 Å². The van der Waals surface area contributed by atoms with Gasteiger partial charge in [0.05, 0.1) is 16.3 Å². The zero-order chi connectivity index (χ0) is 15.0. The second kappa shape index (κ2) is 5.45. The Morgan fingerprint density at radius 2 is 1.85 bits per heavy atom. The molecule has 1 aliphatic rings. The van der Waals surface area contributed by atoms with Crippen LogP contribution >= 0.6 is 11.6 Å². The predicted octanol–water partition coefficient (Wildman–Crippen LogP) is 3.97. The van der Waals surface area contributed by atoms with Gasteiger partial charge in [-0.2, -0.15) is 0 Å². The lowest BCUT2D eigenvalue weighted by molar-refractivity contribution is -0.0145. The van der Waals surface area contributed by atoms with Crippen molar-refractivity contribution in [3.63, 3.8) is 0 Å². The number of hydrogen-bond donors (Lipinski definition) is 3. The molecule has 20 heavy (non-hydrogen) atoms. The maximum atomic E-state index is 10.7. The summed E-state index contributed by atoms with van der Waals surface area (Å²) in [6.45, 7) is 7.08. The van der Waals surface area contributed by atoms with Crippen LogP contribution < -0.4 is 11.1 Å². The first kappa shape index (κ1) is 15.5. The van der Waals surface area contributed by atoms with Crippen molar-refractivity contribution in [3.05, 3.63) is 22.7 Å². The number of anilines is 2. The molecule has 2 rings (SSSR count). The second-order valence-electron chi connectivity index (χ2n) is 6.93. The van der Waals surface area contributed by atoms with Crippen molar-refractivity contribution in [2.75, 3.05) is 17.6 Å². The average molecular weight is 297 g/mol. The van der Waals surface area contributed by atoms with Gasteiger partial charge in [-0.1, -0.05) is 25.4 Å². The molecule has 0 bridgehead atoms. The molecule has 1 aromatic rings. The molecule has 1 aromatic carbocycles. The highest BCUT2D eigenvalue weighted by atomic mass is 35.5. The summed E-state index contributed by atoms with van der Waals surface area (Å²) in [6, 6.07) is 3.70. The number of nitrogen functional groups attached to an aromatic ring is 1. The normalized spacial score (nSPS) is 20.6. The maximum absolute atomic E-state index is 10.7. The number of hydrogen-bond acceptors (Lipinski definition) is 3. The summed E-state index contributed by atoms with van der Waals surface area (Å²) >= 11 is 6.05. The Balaban J connectivity index is 2.00. The van der Waals surface area contributed by atoms with Crippen molar-refractivity contribution in [3.8, 4) is 0 Å². The summed E-state index contributed by atoms with van der Waals surface area (Å²) in [7, 11) is 0. The number of rotatable bonds is 3. The number of nitrogens with one attached hydrogen (secondary N) is 1. The van der Waals surface area contributed by atoms with E-state index in [-0.39, 0.29) is 0 Å². The predicted molar refractivity (Wildman–Crippen MR) is 86.3 cm³/mol. The molecule has 4 heteroatoms. The molecule has 0 radical (unpaired) electrons. The summed E-state index contributed by atoms with van der Waals surface area (Å²) < 4.78 is 0. The smallest absolute Gasteiger partial charge is 0.0819 e. The molecule has 1 fully saturated rings. The molecule has 1 saturated carbocycles. The van der Waals surface area contributed by atoms with Gasteiger partial charge >= 0.3 is 0 Å². The standard InChI is InChI=1S/C16H25ClN2O/c1-11-8-13(18)12(17)9-14(11)19-10-16(20)6-4-15(2,3)5-7-16/h8-9,19-20H,4-7,10,18H2,1-3H3. The fourth-order valence-corrected chi connectivity index (χ4v) is 2.89. The van der Waals surface area contributed by atoms with Crippen LogP contribution in [-0.2, 0) is 0 Å². The van der Waals surface area contributed by atoms with E-state index < -0.39 is 5.60 Å². The van der Waals surface area contributed by atoms with Gasteiger partial charge < -0.3 is 16.2 Å². The molecule has 0 saturated heterocycles. The van der Waals surface area contributed by atoms with Crippen LogP contribution in [0.25, 0.3) is 0 Å². The topological polar surface area (TPSA) is 58.3 Å². The van der Waals surface area contributed by atoms with E-state index in [0.717, 1.165) is 36.9 Å². The molecule has 1 aliphatic carbocycles. The Bertz CT molecular complexity index is 489. The maximum Gasteiger partial charge on any atom is 0.0819 e. The number of aliphatic hydroxyl groups is 1. The third-order valence-electron chi connectivity index (χ3n) is 4.49. The van der Waals surface area contributed by atoms with Crippen molar-refractivity contribution >= 4 is 23.0 Å². The van der Waals surface area contributed by atoms with E-state index in [9.17, 15) is 5.11 Å². The molecular formula is C16H25ClN2O. The number of halogens is 1. The molecule has 0 heterocycles. The Labute approximate surface area is 126 Å². The van der Waals surface area contributed by atoms with Crippen molar-refractivity contribution in [1.82, 2.24) is 0 Å². The zero-order valence-corrected chi connectivity index (χ0v) is 13.3. The molecular weight excluding hydrogens is 272 g/mol. The summed E-state index contributed by atoms with van der Waals surface area (Å²) in [6.07, 6.45) is 3.81. The van der Waals surface area contributed by atoms with Crippen molar-refractivity contribution in [2.45, 2.75) is 52.1 Å². The minimum atomic E-state index is -0.615. The highest BCUT2D eigenvalue weighted by Gasteiger charge is 2.36. The van der Waals surface area contributed by atoms with Crippen LogP contribution in [-0.4, -0.2) is 17.3 Å². The highest BCUT2D eigenvalue weighted by molar-refractivity contribution is 6.33. The van der Waals surface area contributed by atoms with Crippen LogP contribution in [0.4, 0.5) is 11.4 Å². The van der Waals surface area contributed by atoms with Crippen LogP contribution in [0.5, 0.6) is 0 Å². The van der Waals surface area contributed by atoms with Gasteiger partial charge in [-0.05, 0) is 55.7 Å². The fraction of sp³-hybridized carbons (Fsp3) is 0.625. The lowest BCUT2D eigenvalue weighted by Gasteiger charge is -2.40. The lowest BCUT2D eigenvalue weighted by Crippen LogP contribution is -2.42. The van der Waals surface area contributed by atoms with Gasteiger partial charge in [0.15, 0.2) is 0 Å². The van der Waals surface area contributed by atoms with Crippen molar-refractivity contribution in [1.29, 1.82) is 0 Å². The molecule has 0 unspecified atom stereocenters. The first-order chi connectivity index (χ1) is 9.21. The molecule has 112 valence electrons. The van der Waals surface area contributed by atoms with Crippen LogP contribution in [0.15, 0.2) is 12.1 Å². The monoisotopic (exact) mass is 296 g/mol. The number of benzene rings is 1. The minimum Gasteiger partial charge on any atom is -0.398 e. The minimum absolute atomic E-state index is 0.354. The molecule has 0 atom stereocenters. The van der Waals surface area contributed by atoms with E-state index in [1.165, 1.54) is 0 Å². The van der Waals surface area contributed by atoms with E-state index in [0.29, 0.717) is 22.7 Å². The number of nitrogens with two attached hydrogens (primary N) is 1. The lowest BCUT2D eigenvalue weighted by atomic mass is 9.71. The fourth-order valence-electron chi connectivity index (χ4n) is 2.72. The summed E-state index contributed by atoms with van der Waals surface area (Å²) in [5, 5.41) is 14.5. The third kappa shape index (κ3) is 3.58. The summed E-state index contributed by atoms with van der Waals surface area (Å²) in [5.74, 6) is 0. The Hall–Kier alpha value is -0.930. The van der Waals surface area contributed by atoms with Crippen LogP contribution in [0.3, 0.4) is 0 Å². The van der Waals surface area contributed by atoms with Gasteiger partial charge in [-0.3, -0.25) is 0 Å². The molecule has 0 spiro atoms. The molecule has 3 nitrogen and oxygen atoms in total. The first-order valence-electron chi connectivity index (χ1n) is 7.23. The highest BCUT2D eigenvalue weighted by Crippen LogP contribution is 2.40. The Kier molecular flexibility index (Phi) is 4.22. The molecule has 4 N–H and O–H groups in total. The van der Waals surface area contributed by atoms with Gasteiger partial charge in [0.25, 0.3) is 0 Å². The van der Waals surface area contributed by atoms with Crippen molar-refractivity contribution < 1.29 is 5.11 Å². The largest absolute Gasteiger partial charge is 0.398 e.